The fourth-order valence-electron chi connectivity index (χ4n) is 3.76. The van der Waals surface area contributed by atoms with Crippen LogP contribution in [0.4, 0.5) is 0 Å². The summed E-state index contributed by atoms with van der Waals surface area (Å²) in [6, 6.07) is 13.8. The Morgan fingerprint density at radius 3 is 2.33 bits per heavy atom. The van der Waals surface area contributed by atoms with Gasteiger partial charge in [0.2, 0.25) is 0 Å². The van der Waals surface area contributed by atoms with E-state index in [1.54, 1.807) is 42.1 Å². The highest BCUT2D eigenvalue weighted by Gasteiger charge is 2.25. The summed E-state index contributed by atoms with van der Waals surface area (Å²) in [7, 11) is 1.77. The maximum absolute atomic E-state index is 12.7. The predicted molar refractivity (Wildman–Crippen MR) is 116 cm³/mol. The van der Waals surface area contributed by atoms with Crippen LogP contribution in [0.15, 0.2) is 48.5 Å². The van der Waals surface area contributed by atoms with Crippen LogP contribution in [0.2, 0.25) is 5.02 Å². The average molecular weight is 420 g/mol. The van der Waals surface area contributed by atoms with E-state index >= 15 is 0 Å². The van der Waals surface area contributed by atoms with Gasteiger partial charge in [-0.05, 0) is 37.6 Å². The minimum absolute atomic E-state index is 0.0892. The number of aryl methyl sites for hydroxylation is 2. The summed E-state index contributed by atoms with van der Waals surface area (Å²) in [5.41, 5.74) is 4.03. The summed E-state index contributed by atoms with van der Waals surface area (Å²) in [5, 5.41) is 15.6. The van der Waals surface area contributed by atoms with Gasteiger partial charge in [-0.1, -0.05) is 41.9 Å². The second-order valence-corrected chi connectivity index (χ2v) is 7.48. The van der Waals surface area contributed by atoms with Crippen molar-refractivity contribution >= 4 is 34.4 Å². The third-order valence-corrected chi connectivity index (χ3v) is 5.36. The van der Waals surface area contributed by atoms with Crippen molar-refractivity contribution in [3.8, 4) is 22.5 Å². The third kappa shape index (κ3) is 3.15. The Morgan fingerprint density at radius 1 is 1.03 bits per heavy atom. The van der Waals surface area contributed by atoms with Gasteiger partial charge in [0.05, 0.1) is 16.6 Å². The summed E-state index contributed by atoms with van der Waals surface area (Å²) in [6.45, 7) is 3.30. The van der Waals surface area contributed by atoms with Crippen molar-refractivity contribution in [2.45, 2.75) is 13.8 Å². The minimum Gasteiger partial charge on any atom is -0.478 e. The van der Waals surface area contributed by atoms with Crippen LogP contribution in [0, 0.1) is 6.92 Å². The predicted octanol–water partition coefficient (Wildman–Crippen LogP) is 5.16. The van der Waals surface area contributed by atoms with Gasteiger partial charge in [-0.15, -0.1) is 0 Å². The van der Waals surface area contributed by atoms with Gasteiger partial charge in [0, 0.05) is 28.8 Å². The van der Waals surface area contributed by atoms with Crippen LogP contribution in [-0.4, -0.2) is 31.6 Å². The van der Waals surface area contributed by atoms with E-state index in [-0.39, 0.29) is 11.3 Å². The summed E-state index contributed by atoms with van der Waals surface area (Å²) < 4.78 is 1.64. The van der Waals surface area contributed by atoms with E-state index in [9.17, 15) is 14.7 Å². The molecule has 0 radical (unpaired) electrons. The number of benzene rings is 2. The maximum atomic E-state index is 12.7. The molecule has 6 nitrogen and oxygen atoms in total. The molecule has 4 aromatic rings. The number of aromatic carboxylic acids is 1. The molecule has 0 saturated carbocycles. The molecule has 0 fully saturated rings. The first-order valence-corrected chi connectivity index (χ1v) is 9.64. The molecule has 0 unspecified atom stereocenters. The molecule has 30 heavy (non-hydrogen) atoms. The molecule has 0 aliphatic rings. The van der Waals surface area contributed by atoms with Crippen LogP contribution in [0.3, 0.4) is 0 Å². The Morgan fingerprint density at radius 2 is 1.70 bits per heavy atom. The van der Waals surface area contributed by atoms with Crippen LogP contribution in [-0.2, 0) is 7.05 Å². The molecule has 2 aromatic heterocycles. The van der Waals surface area contributed by atoms with E-state index in [1.165, 1.54) is 13.0 Å². The fourth-order valence-corrected chi connectivity index (χ4v) is 3.89. The van der Waals surface area contributed by atoms with Crippen molar-refractivity contribution in [3.63, 3.8) is 0 Å². The van der Waals surface area contributed by atoms with Crippen LogP contribution in [0.25, 0.3) is 33.5 Å². The summed E-state index contributed by atoms with van der Waals surface area (Å²) in [5.74, 6) is -1.27. The number of rotatable bonds is 4. The molecule has 7 heteroatoms. The molecular weight excluding hydrogens is 402 g/mol. The topological polar surface area (TPSA) is 85.1 Å². The van der Waals surface area contributed by atoms with E-state index in [2.05, 4.69) is 5.10 Å². The van der Waals surface area contributed by atoms with Crippen LogP contribution in [0.1, 0.15) is 33.2 Å². The summed E-state index contributed by atoms with van der Waals surface area (Å²) >= 11 is 6.02. The maximum Gasteiger partial charge on any atom is 0.336 e. The normalized spacial score (nSPS) is 11.1. The molecule has 0 bridgehead atoms. The second kappa shape index (κ2) is 7.39. The van der Waals surface area contributed by atoms with Crippen molar-refractivity contribution in [1.82, 2.24) is 14.8 Å². The number of fused-ring (bicyclic) bond motifs is 1. The number of carbonyl (C=O) groups is 2. The second-order valence-electron chi connectivity index (χ2n) is 7.05. The highest BCUT2D eigenvalue weighted by atomic mass is 35.5. The molecule has 0 aliphatic carbocycles. The molecule has 0 amide bonds. The number of nitrogens with zero attached hydrogens (tertiary/aromatic N) is 3. The average Bonchev–Trinajstić information content (AvgIpc) is 3.05. The summed E-state index contributed by atoms with van der Waals surface area (Å²) in [4.78, 5) is 29.1. The lowest BCUT2D eigenvalue weighted by Gasteiger charge is -2.13. The highest BCUT2D eigenvalue weighted by Crippen LogP contribution is 2.36. The number of halogens is 1. The first kappa shape index (κ1) is 19.8. The SMILES string of the molecule is CC(=O)c1c(-c2ccccc2C(=O)O)nc2c(c(-c3ccc(Cl)cc3)nn2C)c1C. The quantitative estimate of drug-likeness (QED) is 0.461. The Hall–Kier alpha value is -3.51. The number of carboxylic acid groups (broad SMARTS) is 1. The molecule has 1 N–H and O–H groups in total. The fraction of sp³-hybridized carbons (Fsp3) is 0.130. The minimum atomic E-state index is -1.08. The van der Waals surface area contributed by atoms with E-state index in [0.717, 1.165) is 10.9 Å². The van der Waals surface area contributed by atoms with Gasteiger partial charge in [0.25, 0.3) is 0 Å². The lowest BCUT2D eigenvalue weighted by Crippen LogP contribution is -2.08. The number of hydrogen-bond acceptors (Lipinski definition) is 4. The number of Topliss-reactive ketones (excluding diaryl/α,β-unsaturated/α-hetero) is 1. The van der Waals surface area contributed by atoms with Gasteiger partial charge >= 0.3 is 5.97 Å². The van der Waals surface area contributed by atoms with Gasteiger partial charge in [0.1, 0.15) is 5.69 Å². The van der Waals surface area contributed by atoms with Crippen LogP contribution >= 0.6 is 11.6 Å². The van der Waals surface area contributed by atoms with Crippen molar-refractivity contribution in [2.24, 2.45) is 7.05 Å². The van der Waals surface area contributed by atoms with Crippen LogP contribution in [0.5, 0.6) is 0 Å². The number of aromatic nitrogens is 3. The zero-order valence-corrected chi connectivity index (χ0v) is 17.4. The van der Waals surface area contributed by atoms with E-state index in [0.29, 0.717) is 38.7 Å². The molecule has 0 aliphatic heterocycles. The summed E-state index contributed by atoms with van der Waals surface area (Å²) in [6.07, 6.45) is 0. The molecule has 0 atom stereocenters. The van der Waals surface area contributed by atoms with Crippen LogP contribution < -0.4 is 0 Å². The number of hydrogen-bond donors (Lipinski definition) is 1. The standard InChI is InChI=1S/C23H18ClN3O3/c1-12-18(13(2)28)21(16-6-4-5-7-17(16)23(29)30)25-22-19(12)20(26-27(22)3)14-8-10-15(24)11-9-14/h4-11H,1-3H3,(H,29,30). The van der Waals surface area contributed by atoms with Gasteiger partial charge in [-0.2, -0.15) is 5.10 Å². The highest BCUT2D eigenvalue weighted by molar-refractivity contribution is 6.30. The smallest absolute Gasteiger partial charge is 0.336 e. The molecular formula is C23H18ClN3O3. The monoisotopic (exact) mass is 419 g/mol. The number of pyridine rings is 1. The molecule has 2 aromatic carbocycles. The van der Waals surface area contributed by atoms with Crippen molar-refractivity contribution in [2.75, 3.05) is 0 Å². The molecule has 4 rings (SSSR count). The molecule has 150 valence electrons. The largest absolute Gasteiger partial charge is 0.478 e. The zero-order chi connectivity index (χ0) is 21.6. The van der Waals surface area contributed by atoms with Crippen molar-refractivity contribution < 1.29 is 14.7 Å². The van der Waals surface area contributed by atoms with E-state index < -0.39 is 5.97 Å². The number of carbonyl (C=O) groups excluding carboxylic acids is 1. The zero-order valence-electron chi connectivity index (χ0n) is 16.6. The van der Waals surface area contributed by atoms with E-state index in [1.807, 2.05) is 19.1 Å². The van der Waals surface area contributed by atoms with Gasteiger partial charge < -0.3 is 5.11 Å². The Labute approximate surface area is 177 Å². The van der Waals surface area contributed by atoms with E-state index in [4.69, 9.17) is 16.6 Å². The van der Waals surface area contributed by atoms with Gasteiger partial charge in [-0.25, -0.2) is 14.5 Å². The Kier molecular flexibility index (Phi) is 4.87. The Balaban J connectivity index is 2.10. The molecule has 0 spiro atoms. The number of carboxylic acids is 1. The third-order valence-electron chi connectivity index (χ3n) is 5.10. The first-order chi connectivity index (χ1) is 14.3. The lowest BCUT2D eigenvalue weighted by molar-refractivity contribution is 0.0697. The van der Waals surface area contributed by atoms with Crippen molar-refractivity contribution in [3.05, 3.63) is 70.2 Å². The van der Waals surface area contributed by atoms with Gasteiger partial charge in [0.15, 0.2) is 11.4 Å². The Bertz CT molecular complexity index is 1320. The molecule has 2 heterocycles. The van der Waals surface area contributed by atoms with Crippen molar-refractivity contribution in [1.29, 1.82) is 0 Å². The molecule has 0 saturated heterocycles. The number of ketones is 1. The lowest BCUT2D eigenvalue weighted by atomic mass is 9.93. The van der Waals surface area contributed by atoms with Gasteiger partial charge in [-0.3, -0.25) is 4.79 Å². The first-order valence-electron chi connectivity index (χ1n) is 9.26.